The first-order chi connectivity index (χ1) is 9.45. The van der Waals surface area contributed by atoms with Crippen LogP contribution in [0.4, 0.5) is 11.8 Å². The Morgan fingerprint density at radius 1 is 1.25 bits per heavy atom. The normalized spacial score (nSPS) is 13.1. The van der Waals surface area contributed by atoms with E-state index in [2.05, 4.69) is 49.0 Å². The van der Waals surface area contributed by atoms with Gasteiger partial charge in [0.15, 0.2) is 0 Å². The molecule has 0 aliphatic rings. The lowest BCUT2D eigenvalue weighted by atomic mass is 10.0. The minimum absolute atomic E-state index is 0.344. The van der Waals surface area contributed by atoms with Crippen molar-refractivity contribution in [3.63, 3.8) is 0 Å². The second-order valence-corrected chi connectivity index (χ2v) is 7.11. The van der Waals surface area contributed by atoms with Gasteiger partial charge >= 0.3 is 0 Å². The summed E-state index contributed by atoms with van der Waals surface area (Å²) >= 11 is 1.66. The van der Waals surface area contributed by atoms with Gasteiger partial charge in [0.05, 0.1) is 5.39 Å². The summed E-state index contributed by atoms with van der Waals surface area (Å²) in [5, 5.41) is 4.57. The van der Waals surface area contributed by atoms with Crippen molar-refractivity contribution in [3.05, 3.63) is 10.9 Å². The highest BCUT2D eigenvalue weighted by Crippen LogP contribution is 2.29. The number of thiophene rings is 1. The Labute approximate surface area is 124 Å². The molecule has 5 heteroatoms. The highest BCUT2D eigenvalue weighted by atomic mass is 32.1. The van der Waals surface area contributed by atoms with Gasteiger partial charge < -0.3 is 11.1 Å². The van der Waals surface area contributed by atoms with Crippen LogP contribution >= 0.6 is 11.3 Å². The van der Waals surface area contributed by atoms with Crippen molar-refractivity contribution in [1.82, 2.24) is 9.97 Å². The van der Waals surface area contributed by atoms with Gasteiger partial charge in [0.2, 0.25) is 5.95 Å². The number of aryl methyl sites for hydroxylation is 1. The lowest BCUT2D eigenvalue weighted by Crippen LogP contribution is -2.17. The van der Waals surface area contributed by atoms with E-state index in [1.54, 1.807) is 11.3 Å². The number of anilines is 2. The summed E-state index contributed by atoms with van der Waals surface area (Å²) in [5.41, 5.74) is 5.79. The minimum Gasteiger partial charge on any atom is -0.368 e. The van der Waals surface area contributed by atoms with E-state index < -0.39 is 0 Å². The monoisotopic (exact) mass is 292 g/mol. The predicted octanol–water partition coefficient (Wildman–Crippen LogP) is 4.21. The zero-order valence-corrected chi connectivity index (χ0v) is 13.5. The summed E-state index contributed by atoms with van der Waals surface area (Å²) in [6, 6.07) is 2.52. The summed E-state index contributed by atoms with van der Waals surface area (Å²) in [4.78, 5) is 10.9. The molecule has 0 radical (unpaired) electrons. The Morgan fingerprint density at radius 2 is 2.00 bits per heavy atom. The van der Waals surface area contributed by atoms with E-state index >= 15 is 0 Å². The molecule has 0 saturated carbocycles. The summed E-state index contributed by atoms with van der Waals surface area (Å²) in [6.45, 7) is 8.81. The number of hydrogen-bond acceptors (Lipinski definition) is 5. The van der Waals surface area contributed by atoms with Crippen molar-refractivity contribution >= 4 is 33.3 Å². The molecular formula is C15H24N4S. The average Bonchev–Trinajstić information content (AvgIpc) is 2.69. The Balaban J connectivity index is 2.08. The first kappa shape index (κ1) is 15.0. The van der Waals surface area contributed by atoms with Crippen molar-refractivity contribution in [3.8, 4) is 0 Å². The van der Waals surface area contributed by atoms with Crippen molar-refractivity contribution in [1.29, 1.82) is 0 Å². The van der Waals surface area contributed by atoms with Gasteiger partial charge in [-0.15, -0.1) is 11.3 Å². The van der Waals surface area contributed by atoms with E-state index in [1.807, 2.05) is 0 Å². The highest BCUT2D eigenvalue weighted by molar-refractivity contribution is 7.18. The number of aromatic nitrogens is 2. The van der Waals surface area contributed by atoms with Gasteiger partial charge in [-0.3, -0.25) is 0 Å². The van der Waals surface area contributed by atoms with Gasteiger partial charge in [0.1, 0.15) is 10.6 Å². The van der Waals surface area contributed by atoms with Crippen LogP contribution in [0.25, 0.3) is 10.2 Å². The standard InChI is InChI=1S/C15H24N4S/c1-9(2)6-5-7-10(3)17-13-12-8-11(4)20-14(12)19-15(16)18-13/h8-10H,5-7H2,1-4H3,(H3,16,17,18,19). The fraction of sp³-hybridized carbons (Fsp3) is 0.600. The molecule has 2 aromatic rings. The second-order valence-electron chi connectivity index (χ2n) is 5.88. The van der Waals surface area contributed by atoms with Crippen LogP contribution in [0, 0.1) is 12.8 Å². The van der Waals surface area contributed by atoms with Crippen LogP contribution in [-0.4, -0.2) is 16.0 Å². The Bertz CT molecular complexity index is 577. The average molecular weight is 292 g/mol. The van der Waals surface area contributed by atoms with Gasteiger partial charge in [0, 0.05) is 10.9 Å². The zero-order chi connectivity index (χ0) is 14.7. The molecule has 0 saturated heterocycles. The third-order valence-electron chi connectivity index (χ3n) is 3.33. The Hall–Kier alpha value is -1.36. The quantitative estimate of drug-likeness (QED) is 0.837. The first-order valence-electron chi connectivity index (χ1n) is 7.26. The minimum atomic E-state index is 0.344. The molecule has 4 nitrogen and oxygen atoms in total. The number of nitrogens with two attached hydrogens (primary N) is 1. The van der Waals surface area contributed by atoms with Gasteiger partial charge in [0.25, 0.3) is 0 Å². The molecule has 0 spiro atoms. The molecule has 3 N–H and O–H groups in total. The number of nitrogen functional groups attached to an aromatic ring is 1. The van der Waals surface area contributed by atoms with Gasteiger partial charge in [-0.1, -0.05) is 26.7 Å². The molecular weight excluding hydrogens is 268 g/mol. The molecule has 110 valence electrons. The molecule has 2 aromatic heterocycles. The molecule has 20 heavy (non-hydrogen) atoms. The van der Waals surface area contributed by atoms with Gasteiger partial charge in [-0.05, 0) is 32.3 Å². The van der Waals surface area contributed by atoms with E-state index in [-0.39, 0.29) is 0 Å². The number of hydrogen-bond donors (Lipinski definition) is 2. The van der Waals surface area contributed by atoms with E-state index in [0.29, 0.717) is 12.0 Å². The lowest BCUT2D eigenvalue weighted by molar-refractivity contribution is 0.520. The topological polar surface area (TPSA) is 63.8 Å². The maximum Gasteiger partial charge on any atom is 0.223 e. The number of nitrogens with one attached hydrogen (secondary N) is 1. The molecule has 0 bridgehead atoms. The molecule has 0 fully saturated rings. The van der Waals surface area contributed by atoms with Crippen LogP contribution in [0.3, 0.4) is 0 Å². The molecule has 0 amide bonds. The van der Waals surface area contributed by atoms with Crippen molar-refractivity contribution in [2.24, 2.45) is 5.92 Å². The zero-order valence-electron chi connectivity index (χ0n) is 12.7. The van der Waals surface area contributed by atoms with Crippen molar-refractivity contribution in [2.45, 2.75) is 53.0 Å². The van der Waals surface area contributed by atoms with Crippen LogP contribution in [-0.2, 0) is 0 Å². The number of rotatable bonds is 6. The second kappa shape index (κ2) is 6.39. The predicted molar refractivity (Wildman–Crippen MR) is 88.3 cm³/mol. The Kier molecular flexibility index (Phi) is 4.81. The summed E-state index contributed by atoms with van der Waals surface area (Å²) in [7, 11) is 0. The van der Waals surface area contributed by atoms with Gasteiger partial charge in [-0.25, -0.2) is 4.98 Å². The van der Waals surface area contributed by atoms with Crippen LogP contribution < -0.4 is 11.1 Å². The summed E-state index contributed by atoms with van der Waals surface area (Å²) in [6.07, 6.45) is 3.65. The Morgan fingerprint density at radius 3 is 2.70 bits per heavy atom. The molecule has 1 unspecified atom stereocenters. The van der Waals surface area contributed by atoms with Crippen molar-refractivity contribution in [2.75, 3.05) is 11.1 Å². The molecule has 2 heterocycles. The summed E-state index contributed by atoms with van der Waals surface area (Å²) < 4.78 is 0. The molecule has 0 aromatic carbocycles. The van der Waals surface area contributed by atoms with Crippen LogP contribution in [0.5, 0.6) is 0 Å². The van der Waals surface area contributed by atoms with Crippen molar-refractivity contribution < 1.29 is 0 Å². The van der Waals surface area contributed by atoms with E-state index in [4.69, 9.17) is 5.73 Å². The van der Waals surface area contributed by atoms with Crippen LogP contribution in [0.15, 0.2) is 6.07 Å². The number of fused-ring (bicyclic) bond motifs is 1. The van der Waals surface area contributed by atoms with E-state index in [9.17, 15) is 0 Å². The first-order valence-corrected chi connectivity index (χ1v) is 8.07. The third kappa shape index (κ3) is 3.82. The lowest BCUT2D eigenvalue weighted by Gasteiger charge is -2.15. The van der Waals surface area contributed by atoms with E-state index in [1.165, 1.54) is 17.7 Å². The molecule has 0 aliphatic carbocycles. The fourth-order valence-corrected chi connectivity index (χ4v) is 3.19. The summed E-state index contributed by atoms with van der Waals surface area (Å²) in [5.74, 6) is 1.98. The maximum absolute atomic E-state index is 5.79. The smallest absolute Gasteiger partial charge is 0.223 e. The highest BCUT2D eigenvalue weighted by Gasteiger charge is 2.11. The van der Waals surface area contributed by atoms with Crippen LogP contribution in [0.1, 0.15) is 44.9 Å². The number of nitrogens with zero attached hydrogens (tertiary/aromatic N) is 2. The maximum atomic E-state index is 5.79. The van der Waals surface area contributed by atoms with Gasteiger partial charge in [-0.2, -0.15) is 4.98 Å². The SMILES string of the molecule is Cc1cc2c(NC(C)CCCC(C)C)nc(N)nc2s1. The molecule has 1 atom stereocenters. The molecule has 2 rings (SSSR count). The fourth-order valence-electron chi connectivity index (χ4n) is 2.31. The van der Waals surface area contributed by atoms with E-state index in [0.717, 1.165) is 28.4 Å². The molecule has 0 aliphatic heterocycles. The third-order valence-corrected chi connectivity index (χ3v) is 4.28. The largest absolute Gasteiger partial charge is 0.368 e. The van der Waals surface area contributed by atoms with Crippen LogP contribution in [0.2, 0.25) is 0 Å².